The van der Waals surface area contributed by atoms with Crippen molar-refractivity contribution in [2.75, 3.05) is 9.80 Å². The van der Waals surface area contributed by atoms with E-state index in [1.165, 1.54) is 22.3 Å². The maximum atomic E-state index is 6.61. The van der Waals surface area contributed by atoms with Gasteiger partial charge in [0.2, 0.25) is 0 Å². The first-order valence-electron chi connectivity index (χ1n) is 23.8. The van der Waals surface area contributed by atoms with Gasteiger partial charge < -0.3 is 18.8 Å². The molecule has 0 aliphatic rings. The van der Waals surface area contributed by atoms with E-state index in [4.69, 9.17) is 4.42 Å². The van der Waals surface area contributed by atoms with E-state index in [0.717, 1.165) is 94.7 Å². The summed E-state index contributed by atoms with van der Waals surface area (Å²) in [5.41, 5.74) is 18.6. The summed E-state index contributed by atoms with van der Waals surface area (Å²) in [6, 6.07) is 97.8. The van der Waals surface area contributed by atoms with E-state index >= 15 is 0 Å². The van der Waals surface area contributed by atoms with Gasteiger partial charge in [-0.1, -0.05) is 140 Å². The zero-order chi connectivity index (χ0) is 46.4. The molecule has 0 N–H and O–H groups in total. The van der Waals surface area contributed by atoms with Crippen molar-refractivity contribution in [3.05, 3.63) is 273 Å². The van der Waals surface area contributed by atoms with E-state index < -0.39 is 0 Å². The minimum atomic E-state index is 0.854. The molecule has 0 saturated heterocycles. The lowest BCUT2D eigenvalue weighted by Crippen LogP contribution is -2.09. The SMILES string of the molecule is c1ccc(-c2cc(-c3ccccc3)cc(-c3ccc4oc5ccc(-n6c7ccc(N(c8ccccc8)c8ccccc8)cc7c7cc(N(c8ccccc8)c8ccccc8)ccc76)cc5c4c3)c2)cc1. The third-order valence-corrected chi connectivity index (χ3v) is 13.5. The largest absolute Gasteiger partial charge is 0.456 e. The lowest BCUT2D eigenvalue weighted by molar-refractivity contribution is 0.669. The molecule has 0 amide bonds. The molecule has 4 heteroatoms. The van der Waals surface area contributed by atoms with Gasteiger partial charge in [-0.15, -0.1) is 0 Å². The molecule has 70 heavy (non-hydrogen) atoms. The third kappa shape index (κ3) is 7.36. The highest BCUT2D eigenvalue weighted by atomic mass is 16.3. The van der Waals surface area contributed by atoms with Crippen LogP contribution in [-0.2, 0) is 0 Å². The Hall–Kier alpha value is -9.38. The summed E-state index contributed by atoms with van der Waals surface area (Å²) < 4.78 is 9.03. The number of para-hydroxylation sites is 4. The minimum absolute atomic E-state index is 0.854. The number of fused-ring (bicyclic) bond motifs is 6. The van der Waals surface area contributed by atoms with Gasteiger partial charge in [0, 0.05) is 61.4 Å². The van der Waals surface area contributed by atoms with Gasteiger partial charge in [-0.3, -0.25) is 0 Å². The van der Waals surface area contributed by atoms with Crippen LogP contribution in [0.25, 0.3) is 82.8 Å². The molecule has 0 atom stereocenters. The zero-order valence-electron chi connectivity index (χ0n) is 38.2. The van der Waals surface area contributed by atoms with Crippen molar-refractivity contribution in [3.8, 4) is 39.1 Å². The molecule has 11 aromatic carbocycles. The average Bonchev–Trinajstić information content (AvgIpc) is 3.97. The highest BCUT2D eigenvalue weighted by Crippen LogP contribution is 2.44. The highest BCUT2D eigenvalue weighted by Gasteiger charge is 2.21. The lowest BCUT2D eigenvalue weighted by atomic mass is 9.93. The Morgan fingerprint density at radius 2 is 0.614 bits per heavy atom. The second kappa shape index (κ2) is 17.4. The van der Waals surface area contributed by atoms with Crippen molar-refractivity contribution in [1.82, 2.24) is 4.57 Å². The van der Waals surface area contributed by atoms with Gasteiger partial charge >= 0.3 is 0 Å². The molecule has 0 fully saturated rings. The molecule has 13 rings (SSSR count). The second-order valence-electron chi connectivity index (χ2n) is 17.8. The first kappa shape index (κ1) is 40.9. The Labute approximate surface area is 406 Å². The summed E-state index contributed by atoms with van der Waals surface area (Å²) in [5.74, 6) is 0. The summed E-state index contributed by atoms with van der Waals surface area (Å²) in [4.78, 5) is 4.68. The summed E-state index contributed by atoms with van der Waals surface area (Å²) in [7, 11) is 0. The average molecular weight is 896 g/mol. The Kier molecular flexibility index (Phi) is 10.1. The zero-order valence-corrected chi connectivity index (χ0v) is 38.2. The molecular formula is C66H45N3O. The number of benzene rings is 11. The van der Waals surface area contributed by atoms with Crippen molar-refractivity contribution >= 4 is 77.9 Å². The van der Waals surface area contributed by atoms with Crippen LogP contribution in [0.15, 0.2) is 277 Å². The number of anilines is 6. The monoisotopic (exact) mass is 895 g/mol. The molecule has 0 radical (unpaired) electrons. The van der Waals surface area contributed by atoms with Crippen LogP contribution in [0.5, 0.6) is 0 Å². The number of nitrogens with zero attached hydrogens (tertiary/aromatic N) is 3. The van der Waals surface area contributed by atoms with Gasteiger partial charge in [0.1, 0.15) is 11.2 Å². The number of rotatable bonds is 10. The fraction of sp³-hybridized carbons (Fsp3) is 0. The van der Waals surface area contributed by atoms with Gasteiger partial charge in [0.05, 0.1) is 11.0 Å². The Morgan fingerprint density at radius 3 is 1.04 bits per heavy atom. The summed E-state index contributed by atoms with van der Waals surface area (Å²) >= 11 is 0. The maximum absolute atomic E-state index is 6.61. The van der Waals surface area contributed by atoms with Crippen LogP contribution in [-0.4, -0.2) is 4.57 Å². The van der Waals surface area contributed by atoms with E-state index in [-0.39, 0.29) is 0 Å². The van der Waals surface area contributed by atoms with Crippen LogP contribution >= 0.6 is 0 Å². The van der Waals surface area contributed by atoms with E-state index in [9.17, 15) is 0 Å². The van der Waals surface area contributed by atoms with Gasteiger partial charge in [-0.25, -0.2) is 0 Å². The first-order chi connectivity index (χ1) is 34.7. The molecule has 0 spiro atoms. The Balaban J connectivity index is 1.01. The minimum Gasteiger partial charge on any atom is -0.456 e. The van der Waals surface area contributed by atoms with Crippen molar-refractivity contribution in [2.24, 2.45) is 0 Å². The molecule has 0 bridgehead atoms. The maximum Gasteiger partial charge on any atom is 0.135 e. The van der Waals surface area contributed by atoms with Crippen LogP contribution in [0.2, 0.25) is 0 Å². The van der Waals surface area contributed by atoms with Crippen molar-refractivity contribution in [3.63, 3.8) is 0 Å². The quantitative estimate of drug-likeness (QED) is 0.137. The predicted molar refractivity (Wildman–Crippen MR) is 294 cm³/mol. The topological polar surface area (TPSA) is 24.6 Å². The van der Waals surface area contributed by atoms with Gasteiger partial charge in [-0.05, 0) is 167 Å². The lowest BCUT2D eigenvalue weighted by Gasteiger charge is -2.26. The molecule has 0 aliphatic carbocycles. The van der Waals surface area contributed by atoms with E-state index in [0.29, 0.717) is 0 Å². The van der Waals surface area contributed by atoms with Gasteiger partial charge in [0.25, 0.3) is 0 Å². The molecule has 0 unspecified atom stereocenters. The summed E-state index contributed by atoms with van der Waals surface area (Å²) in [6.45, 7) is 0. The van der Waals surface area contributed by atoms with Gasteiger partial charge in [0.15, 0.2) is 0 Å². The molecule has 330 valence electrons. The number of aromatic nitrogens is 1. The summed E-state index contributed by atoms with van der Waals surface area (Å²) in [6.07, 6.45) is 0. The van der Waals surface area contributed by atoms with Crippen LogP contribution < -0.4 is 9.80 Å². The fourth-order valence-corrected chi connectivity index (χ4v) is 10.2. The Bertz CT molecular complexity index is 3700. The molecule has 2 aromatic heterocycles. The van der Waals surface area contributed by atoms with Crippen LogP contribution in [0.3, 0.4) is 0 Å². The van der Waals surface area contributed by atoms with Crippen molar-refractivity contribution < 1.29 is 4.42 Å². The standard InChI is InChI=1S/C66H45N3O/c1-7-19-46(20-8-1)49-39-50(47-21-9-2-10-22-47)41-51(40-49)48-31-37-65-61(42-48)62-45-58(34-38-66(62)70-65)69-63-35-32-56(67(52-23-11-3-12-24-52)53-25-13-4-14-26-53)43-59(63)60-44-57(33-36-64(60)69)68(54-27-15-5-16-28-54)55-29-17-6-18-30-55/h1-45H. The second-order valence-corrected chi connectivity index (χ2v) is 17.8. The molecule has 0 saturated carbocycles. The first-order valence-corrected chi connectivity index (χ1v) is 23.8. The summed E-state index contributed by atoms with van der Waals surface area (Å²) in [5, 5.41) is 4.45. The van der Waals surface area contributed by atoms with Crippen molar-refractivity contribution in [2.45, 2.75) is 0 Å². The molecule has 13 aromatic rings. The number of furan rings is 1. The molecule has 4 nitrogen and oxygen atoms in total. The van der Waals surface area contributed by atoms with Crippen LogP contribution in [0.4, 0.5) is 34.1 Å². The highest BCUT2D eigenvalue weighted by molar-refractivity contribution is 6.13. The number of hydrogen-bond acceptors (Lipinski definition) is 3. The van der Waals surface area contributed by atoms with Crippen LogP contribution in [0, 0.1) is 0 Å². The van der Waals surface area contributed by atoms with Crippen molar-refractivity contribution in [1.29, 1.82) is 0 Å². The van der Waals surface area contributed by atoms with E-state index in [1.807, 2.05) is 0 Å². The third-order valence-electron chi connectivity index (χ3n) is 13.5. The molecule has 2 heterocycles. The normalized spacial score (nSPS) is 11.4. The number of hydrogen-bond donors (Lipinski definition) is 0. The predicted octanol–water partition coefficient (Wildman–Crippen LogP) is 18.6. The van der Waals surface area contributed by atoms with E-state index in [2.05, 4.69) is 287 Å². The van der Waals surface area contributed by atoms with Gasteiger partial charge in [-0.2, -0.15) is 0 Å². The molecule has 0 aliphatic heterocycles. The van der Waals surface area contributed by atoms with E-state index in [1.54, 1.807) is 0 Å². The fourth-order valence-electron chi connectivity index (χ4n) is 10.2. The van der Waals surface area contributed by atoms with Crippen LogP contribution in [0.1, 0.15) is 0 Å². The molecular weight excluding hydrogens is 851 g/mol. The smallest absolute Gasteiger partial charge is 0.135 e. The Morgan fingerprint density at radius 1 is 0.243 bits per heavy atom.